The molecule has 1 fully saturated rings. The van der Waals surface area contributed by atoms with E-state index in [4.69, 9.17) is 27.9 Å². The Morgan fingerprint density at radius 3 is 2.54 bits per heavy atom. The fraction of sp³-hybridized carbons (Fsp3) is 0.393. The Kier molecular flexibility index (Phi) is 9.15. The molecule has 0 saturated carbocycles. The molecule has 1 saturated heterocycles. The summed E-state index contributed by atoms with van der Waals surface area (Å²) in [6.45, 7) is 7.61. The molecule has 2 aromatic rings. The second kappa shape index (κ2) is 12.4. The lowest BCUT2D eigenvalue weighted by atomic mass is 9.93. The van der Waals surface area contributed by atoms with E-state index >= 15 is 0 Å². The lowest BCUT2D eigenvalue weighted by Gasteiger charge is -2.43. The van der Waals surface area contributed by atoms with E-state index in [2.05, 4.69) is 10.2 Å². The van der Waals surface area contributed by atoms with Crippen molar-refractivity contribution in [1.82, 2.24) is 20.0 Å². The van der Waals surface area contributed by atoms with Crippen molar-refractivity contribution in [3.63, 3.8) is 0 Å². The van der Waals surface area contributed by atoms with Crippen molar-refractivity contribution in [2.24, 2.45) is 0 Å². The third kappa shape index (κ3) is 6.05. The number of rotatable bonds is 7. The molecule has 11 heteroatoms. The normalized spacial score (nSPS) is 20.2. The average molecular weight is 577 g/mol. The van der Waals surface area contributed by atoms with Crippen molar-refractivity contribution in [2.75, 3.05) is 39.3 Å². The van der Waals surface area contributed by atoms with Gasteiger partial charge in [-0.05, 0) is 50.6 Å². The van der Waals surface area contributed by atoms with Crippen LogP contribution in [0.1, 0.15) is 42.7 Å². The largest absolute Gasteiger partial charge is 0.463 e. The Bertz CT molecular complexity index is 1300. The summed E-state index contributed by atoms with van der Waals surface area (Å²) in [5.41, 5.74) is 1.59. The molecule has 0 unspecified atom stereocenters. The summed E-state index contributed by atoms with van der Waals surface area (Å²) >= 11 is 12.8. The number of likely N-dealkylation sites (N-methyl/N-ethyl adjacent to an activating group) is 1. The first kappa shape index (κ1) is 28.9. The van der Waals surface area contributed by atoms with Crippen molar-refractivity contribution in [1.29, 1.82) is 0 Å². The van der Waals surface area contributed by atoms with E-state index in [9.17, 15) is 18.8 Å². The van der Waals surface area contributed by atoms with Crippen molar-refractivity contribution in [3.05, 3.63) is 80.7 Å². The molecule has 2 aliphatic rings. The summed E-state index contributed by atoms with van der Waals surface area (Å²) < 4.78 is 19.1. The number of esters is 1. The quantitative estimate of drug-likeness (QED) is 0.475. The Labute approximate surface area is 237 Å². The molecule has 2 heterocycles. The summed E-state index contributed by atoms with van der Waals surface area (Å²) in [4.78, 5) is 45.0. The smallest absolute Gasteiger partial charge is 0.338 e. The minimum Gasteiger partial charge on any atom is -0.463 e. The Morgan fingerprint density at radius 2 is 1.87 bits per heavy atom. The number of carbonyl (C=O) groups is 3. The number of amides is 3. The van der Waals surface area contributed by atoms with Crippen LogP contribution in [-0.2, 0) is 9.53 Å². The summed E-state index contributed by atoms with van der Waals surface area (Å²) in [6, 6.07) is 9.31. The number of ether oxygens (including phenoxy) is 1. The molecule has 2 aliphatic heterocycles. The highest BCUT2D eigenvalue weighted by Crippen LogP contribution is 2.38. The molecule has 0 aliphatic carbocycles. The minimum absolute atomic E-state index is 0.156. The summed E-state index contributed by atoms with van der Waals surface area (Å²) in [5.74, 6) is -1.26. The van der Waals surface area contributed by atoms with Crippen LogP contribution in [0.5, 0.6) is 0 Å². The van der Waals surface area contributed by atoms with Gasteiger partial charge in [-0.2, -0.15) is 0 Å². The number of hydrogen-bond acceptors (Lipinski definition) is 5. The molecule has 2 aromatic carbocycles. The zero-order valence-electron chi connectivity index (χ0n) is 22.0. The molecule has 2 atom stereocenters. The third-order valence-electron chi connectivity index (χ3n) is 6.96. The lowest BCUT2D eigenvalue weighted by molar-refractivity contribution is -0.139. The van der Waals surface area contributed by atoms with Crippen LogP contribution >= 0.6 is 23.2 Å². The molecular weight excluding hydrogens is 546 g/mol. The summed E-state index contributed by atoms with van der Waals surface area (Å²) in [7, 11) is 0. The number of nitrogens with zero attached hydrogens (tertiary/aromatic N) is 3. The molecule has 0 spiro atoms. The molecule has 39 heavy (non-hydrogen) atoms. The first-order chi connectivity index (χ1) is 18.7. The van der Waals surface area contributed by atoms with Crippen LogP contribution in [0.2, 0.25) is 10.0 Å². The first-order valence-electron chi connectivity index (χ1n) is 12.9. The second-order valence-electron chi connectivity index (χ2n) is 9.44. The van der Waals surface area contributed by atoms with Crippen molar-refractivity contribution in [2.45, 2.75) is 32.9 Å². The Balaban J connectivity index is 1.66. The summed E-state index contributed by atoms with van der Waals surface area (Å²) in [5, 5.41) is 3.44. The number of carbonyl (C=O) groups excluding carboxylic acids is 3. The van der Waals surface area contributed by atoms with Gasteiger partial charge in [0.2, 0.25) is 0 Å². The standard InChI is InChI=1S/C28H31Cl2FN4O4/c1-4-34-22(16-33-12-13-35(17(3)15-33)26(36)18-8-6-9-19(31)14-18)23(27(37)39-5-2)25(32-28(34)38)20-10-7-11-21(29)24(20)30/h6-11,14,17,25H,4-5,12-13,15-16H2,1-3H3,(H,32,38)/t17-,25+/m0/s1. The van der Waals surface area contributed by atoms with Crippen molar-refractivity contribution >= 4 is 41.1 Å². The number of urea groups is 1. The molecule has 4 rings (SSSR count). The van der Waals surface area contributed by atoms with Gasteiger partial charge in [0.05, 0.1) is 28.3 Å². The lowest BCUT2D eigenvalue weighted by Crippen LogP contribution is -2.56. The third-order valence-corrected chi connectivity index (χ3v) is 7.79. The van der Waals surface area contributed by atoms with Crippen LogP contribution in [-0.4, -0.2) is 78.0 Å². The van der Waals surface area contributed by atoms with Gasteiger partial charge in [0, 0.05) is 50.0 Å². The number of nitrogens with one attached hydrogen (secondary N) is 1. The molecule has 0 radical (unpaired) electrons. The fourth-order valence-corrected chi connectivity index (χ4v) is 5.53. The van der Waals surface area contributed by atoms with E-state index < -0.39 is 17.8 Å². The number of hydrogen-bond donors (Lipinski definition) is 1. The highest BCUT2D eigenvalue weighted by Gasteiger charge is 2.40. The number of halogens is 3. The van der Waals surface area contributed by atoms with Crippen LogP contribution < -0.4 is 5.32 Å². The monoisotopic (exact) mass is 576 g/mol. The highest BCUT2D eigenvalue weighted by molar-refractivity contribution is 6.42. The van der Waals surface area contributed by atoms with Crippen LogP contribution in [0, 0.1) is 5.82 Å². The van der Waals surface area contributed by atoms with E-state index in [0.717, 1.165) is 0 Å². The Hall–Kier alpha value is -3.14. The molecule has 208 valence electrons. The maximum Gasteiger partial charge on any atom is 0.338 e. The highest BCUT2D eigenvalue weighted by atomic mass is 35.5. The number of benzene rings is 2. The van der Waals surface area contributed by atoms with Crippen LogP contribution in [0.4, 0.5) is 9.18 Å². The van der Waals surface area contributed by atoms with Gasteiger partial charge >= 0.3 is 12.0 Å². The van der Waals surface area contributed by atoms with E-state index in [1.165, 1.54) is 23.1 Å². The van der Waals surface area contributed by atoms with Crippen LogP contribution in [0.3, 0.4) is 0 Å². The van der Waals surface area contributed by atoms with Crippen LogP contribution in [0.15, 0.2) is 53.7 Å². The Morgan fingerprint density at radius 1 is 1.13 bits per heavy atom. The fourth-order valence-electron chi connectivity index (χ4n) is 5.11. The molecule has 8 nitrogen and oxygen atoms in total. The molecule has 0 bridgehead atoms. The minimum atomic E-state index is -0.853. The summed E-state index contributed by atoms with van der Waals surface area (Å²) in [6.07, 6.45) is 0. The topological polar surface area (TPSA) is 82.2 Å². The van der Waals surface area contributed by atoms with Gasteiger partial charge in [-0.15, -0.1) is 0 Å². The number of piperazine rings is 1. The average Bonchev–Trinajstić information content (AvgIpc) is 2.90. The van der Waals surface area contributed by atoms with Gasteiger partial charge in [0.1, 0.15) is 5.82 Å². The second-order valence-corrected chi connectivity index (χ2v) is 10.2. The van der Waals surface area contributed by atoms with Gasteiger partial charge in [0.15, 0.2) is 0 Å². The maximum absolute atomic E-state index is 13.7. The van der Waals surface area contributed by atoms with E-state index in [1.807, 2.05) is 13.8 Å². The van der Waals surface area contributed by atoms with E-state index in [1.54, 1.807) is 36.1 Å². The molecule has 0 aromatic heterocycles. The van der Waals surface area contributed by atoms with E-state index in [-0.39, 0.29) is 41.7 Å². The van der Waals surface area contributed by atoms with Crippen LogP contribution in [0.25, 0.3) is 0 Å². The predicted octanol–water partition coefficient (Wildman–Crippen LogP) is 4.88. The van der Waals surface area contributed by atoms with Gasteiger partial charge in [0.25, 0.3) is 5.91 Å². The maximum atomic E-state index is 13.7. The predicted molar refractivity (Wildman–Crippen MR) is 147 cm³/mol. The first-order valence-corrected chi connectivity index (χ1v) is 13.6. The zero-order valence-corrected chi connectivity index (χ0v) is 23.6. The van der Waals surface area contributed by atoms with Crippen molar-refractivity contribution < 1.29 is 23.5 Å². The zero-order chi connectivity index (χ0) is 28.3. The molecular formula is C28H31Cl2FN4O4. The van der Waals surface area contributed by atoms with Crippen molar-refractivity contribution in [3.8, 4) is 0 Å². The van der Waals surface area contributed by atoms with Gasteiger partial charge in [-0.25, -0.2) is 14.0 Å². The SMILES string of the molecule is CCOC(=O)C1=C(CN2CCN(C(=O)c3cccc(F)c3)[C@@H](C)C2)N(CC)C(=O)N[C@@H]1c1cccc(Cl)c1Cl. The molecule has 1 N–H and O–H groups in total. The van der Waals surface area contributed by atoms with Gasteiger partial charge < -0.3 is 15.0 Å². The van der Waals surface area contributed by atoms with Gasteiger partial charge in [-0.3, -0.25) is 14.6 Å². The van der Waals surface area contributed by atoms with Gasteiger partial charge in [-0.1, -0.05) is 41.4 Å². The molecule has 3 amide bonds. The van der Waals surface area contributed by atoms with E-state index in [0.29, 0.717) is 48.0 Å².